The molecular weight excluding hydrogens is 274 g/mol. The van der Waals surface area contributed by atoms with Gasteiger partial charge in [0.1, 0.15) is 0 Å². The van der Waals surface area contributed by atoms with Gasteiger partial charge in [-0.05, 0) is 77.1 Å². The topological polar surface area (TPSA) is 12.0 Å². The van der Waals surface area contributed by atoms with Crippen LogP contribution in [0.25, 0.3) is 0 Å². The van der Waals surface area contributed by atoms with Crippen molar-refractivity contribution >= 4 is 11.3 Å². The summed E-state index contributed by atoms with van der Waals surface area (Å²) in [4.78, 5) is 0. The molecule has 2 aliphatic rings. The smallest absolute Gasteiger partial charge is 0.0145 e. The van der Waals surface area contributed by atoms with E-state index in [0.717, 1.165) is 24.3 Å². The van der Waals surface area contributed by atoms with Crippen LogP contribution in [0, 0.1) is 11.8 Å². The molecule has 2 aromatic rings. The summed E-state index contributed by atoms with van der Waals surface area (Å²) in [6.45, 7) is 3.31. The Labute approximate surface area is 131 Å². The monoisotopic (exact) mass is 297 g/mol. The lowest BCUT2D eigenvalue weighted by Gasteiger charge is -2.18. The van der Waals surface area contributed by atoms with Crippen LogP contribution in [-0.2, 0) is 12.8 Å². The average molecular weight is 297 g/mol. The molecule has 1 heterocycles. The molecule has 0 amide bonds. The van der Waals surface area contributed by atoms with E-state index < -0.39 is 0 Å². The van der Waals surface area contributed by atoms with Crippen LogP contribution in [0.3, 0.4) is 0 Å². The van der Waals surface area contributed by atoms with E-state index in [9.17, 15) is 0 Å². The summed E-state index contributed by atoms with van der Waals surface area (Å²) in [6.07, 6.45) is 3.86. The van der Waals surface area contributed by atoms with E-state index in [0.29, 0.717) is 6.04 Å². The minimum atomic E-state index is 0.644. The van der Waals surface area contributed by atoms with Crippen molar-refractivity contribution in [2.75, 3.05) is 6.54 Å². The van der Waals surface area contributed by atoms with Crippen molar-refractivity contribution in [2.24, 2.45) is 11.8 Å². The fourth-order valence-electron chi connectivity index (χ4n) is 4.44. The SMILES string of the molecule is CCNC(Cc1ccsc1)C1C2CCc3ccccc3C21. The van der Waals surface area contributed by atoms with Crippen LogP contribution >= 0.6 is 11.3 Å². The Balaban J connectivity index is 1.56. The van der Waals surface area contributed by atoms with Gasteiger partial charge < -0.3 is 5.32 Å². The third kappa shape index (κ3) is 2.45. The van der Waals surface area contributed by atoms with Crippen LogP contribution < -0.4 is 5.32 Å². The zero-order valence-corrected chi connectivity index (χ0v) is 13.4. The van der Waals surface area contributed by atoms with Crippen LogP contribution in [0.2, 0.25) is 0 Å². The van der Waals surface area contributed by atoms with Gasteiger partial charge >= 0.3 is 0 Å². The van der Waals surface area contributed by atoms with E-state index in [-0.39, 0.29) is 0 Å². The van der Waals surface area contributed by atoms with Crippen LogP contribution in [0.4, 0.5) is 0 Å². The van der Waals surface area contributed by atoms with E-state index in [1.807, 2.05) is 11.3 Å². The molecule has 2 aliphatic carbocycles. The Hall–Kier alpha value is -1.12. The minimum absolute atomic E-state index is 0.644. The van der Waals surface area contributed by atoms with E-state index in [2.05, 4.69) is 53.3 Å². The molecule has 4 unspecified atom stereocenters. The number of hydrogen-bond acceptors (Lipinski definition) is 2. The number of aryl methyl sites for hydroxylation is 1. The van der Waals surface area contributed by atoms with Crippen LogP contribution in [0.5, 0.6) is 0 Å². The van der Waals surface area contributed by atoms with Gasteiger partial charge in [0, 0.05) is 6.04 Å². The zero-order valence-electron chi connectivity index (χ0n) is 12.6. The molecule has 4 atom stereocenters. The molecule has 0 bridgehead atoms. The largest absolute Gasteiger partial charge is 0.314 e. The first-order chi connectivity index (χ1) is 10.4. The number of benzene rings is 1. The molecule has 1 nitrogen and oxygen atoms in total. The quantitative estimate of drug-likeness (QED) is 0.870. The van der Waals surface area contributed by atoms with Crippen molar-refractivity contribution < 1.29 is 0 Å². The summed E-state index contributed by atoms with van der Waals surface area (Å²) < 4.78 is 0. The molecule has 110 valence electrons. The standard InChI is InChI=1S/C19H23NS/c1-2-20-17(11-13-9-10-21-12-13)19-16-8-7-14-5-3-4-6-15(14)18(16)19/h3-6,9-10,12,16-20H,2,7-8,11H2,1H3. The maximum atomic E-state index is 3.77. The predicted octanol–water partition coefficient (Wildman–Crippen LogP) is 4.24. The first-order valence-electron chi connectivity index (χ1n) is 8.20. The molecule has 0 aliphatic heterocycles. The lowest BCUT2D eigenvalue weighted by atomic mass is 9.92. The first-order valence-corrected chi connectivity index (χ1v) is 9.15. The fourth-order valence-corrected chi connectivity index (χ4v) is 5.12. The van der Waals surface area contributed by atoms with Gasteiger partial charge in [0.2, 0.25) is 0 Å². The van der Waals surface area contributed by atoms with Gasteiger partial charge in [-0.2, -0.15) is 11.3 Å². The first kappa shape index (κ1) is 13.5. The minimum Gasteiger partial charge on any atom is -0.314 e. The second kappa shape index (κ2) is 5.58. The van der Waals surface area contributed by atoms with E-state index in [4.69, 9.17) is 0 Å². The molecule has 0 spiro atoms. The highest BCUT2D eigenvalue weighted by atomic mass is 32.1. The molecule has 1 aromatic heterocycles. The highest BCUT2D eigenvalue weighted by Crippen LogP contribution is 2.61. The van der Waals surface area contributed by atoms with E-state index >= 15 is 0 Å². The maximum Gasteiger partial charge on any atom is 0.0145 e. The highest BCUT2D eigenvalue weighted by Gasteiger charge is 2.55. The predicted molar refractivity (Wildman–Crippen MR) is 90.0 cm³/mol. The highest BCUT2D eigenvalue weighted by molar-refractivity contribution is 7.07. The van der Waals surface area contributed by atoms with Gasteiger partial charge in [-0.3, -0.25) is 0 Å². The van der Waals surface area contributed by atoms with Crippen molar-refractivity contribution in [1.29, 1.82) is 0 Å². The van der Waals surface area contributed by atoms with Crippen molar-refractivity contribution in [3.05, 3.63) is 57.8 Å². The average Bonchev–Trinajstić information content (AvgIpc) is 3.04. The molecule has 0 saturated heterocycles. The Kier molecular flexibility index (Phi) is 3.60. The number of hydrogen-bond donors (Lipinski definition) is 1. The molecule has 1 N–H and O–H groups in total. The molecule has 0 radical (unpaired) electrons. The number of nitrogens with one attached hydrogen (secondary N) is 1. The molecule has 1 saturated carbocycles. The number of rotatable bonds is 5. The summed E-state index contributed by atoms with van der Waals surface area (Å²) >= 11 is 1.82. The summed E-state index contributed by atoms with van der Waals surface area (Å²) in [5, 5.41) is 8.29. The lowest BCUT2D eigenvalue weighted by molar-refractivity contribution is 0.442. The van der Waals surface area contributed by atoms with Gasteiger partial charge in [-0.1, -0.05) is 31.2 Å². The van der Waals surface area contributed by atoms with Gasteiger partial charge in [-0.15, -0.1) is 0 Å². The Morgan fingerprint density at radius 3 is 3.00 bits per heavy atom. The maximum absolute atomic E-state index is 3.77. The third-order valence-electron chi connectivity index (χ3n) is 5.36. The number of thiophene rings is 1. The van der Waals surface area contributed by atoms with Crippen molar-refractivity contribution in [3.8, 4) is 0 Å². The summed E-state index contributed by atoms with van der Waals surface area (Å²) in [6, 6.07) is 12.1. The second-order valence-electron chi connectivity index (χ2n) is 6.50. The van der Waals surface area contributed by atoms with Gasteiger partial charge in [0.15, 0.2) is 0 Å². The van der Waals surface area contributed by atoms with Crippen LogP contribution in [0.15, 0.2) is 41.1 Å². The molecule has 21 heavy (non-hydrogen) atoms. The molecule has 1 fully saturated rings. The van der Waals surface area contributed by atoms with E-state index in [1.165, 1.54) is 24.8 Å². The Morgan fingerprint density at radius 1 is 1.29 bits per heavy atom. The zero-order chi connectivity index (χ0) is 14.2. The van der Waals surface area contributed by atoms with Crippen molar-refractivity contribution in [3.63, 3.8) is 0 Å². The van der Waals surface area contributed by atoms with Gasteiger partial charge in [-0.25, -0.2) is 0 Å². The fraction of sp³-hybridized carbons (Fsp3) is 0.474. The Morgan fingerprint density at radius 2 is 2.19 bits per heavy atom. The lowest BCUT2D eigenvalue weighted by Crippen LogP contribution is -2.33. The van der Waals surface area contributed by atoms with Crippen molar-refractivity contribution in [2.45, 2.75) is 38.1 Å². The van der Waals surface area contributed by atoms with E-state index in [1.54, 1.807) is 11.1 Å². The van der Waals surface area contributed by atoms with Crippen molar-refractivity contribution in [1.82, 2.24) is 5.32 Å². The molecule has 4 rings (SSSR count). The molecule has 2 heteroatoms. The third-order valence-corrected chi connectivity index (χ3v) is 6.09. The van der Waals surface area contributed by atoms with Crippen LogP contribution in [0.1, 0.15) is 36.0 Å². The second-order valence-corrected chi connectivity index (χ2v) is 7.28. The summed E-state index contributed by atoms with van der Waals surface area (Å²) in [5.74, 6) is 2.58. The summed E-state index contributed by atoms with van der Waals surface area (Å²) in [5.41, 5.74) is 4.75. The molecular formula is C19H23NS. The molecule has 1 aromatic carbocycles. The normalized spacial score (nSPS) is 27.8. The number of fused-ring (bicyclic) bond motifs is 3. The van der Waals surface area contributed by atoms with Gasteiger partial charge in [0.25, 0.3) is 0 Å². The Bertz CT molecular complexity index is 604. The summed E-state index contributed by atoms with van der Waals surface area (Å²) in [7, 11) is 0. The number of likely N-dealkylation sites (N-methyl/N-ethyl adjacent to an activating group) is 1. The van der Waals surface area contributed by atoms with Gasteiger partial charge in [0.05, 0.1) is 0 Å². The van der Waals surface area contributed by atoms with Crippen LogP contribution in [-0.4, -0.2) is 12.6 Å².